The second-order valence-electron chi connectivity index (χ2n) is 6.67. The van der Waals surface area contributed by atoms with Gasteiger partial charge in [0.1, 0.15) is 0 Å². The predicted molar refractivity (Wildman–Crippen MR) is 112 cm³/mol. The Hall–Kier alpha value is -3.80. The Kier molecular flexibility index (Phi) is 5.42. The van der Waals surface area contributed by atoms with E-state index in [-0.39, 0.29) is 11.7 Å². The van der Waals surface area contributed by atoms with Crippen LogP contribution < -0.4 is 0 Å². The van der Waals surface area contributed by atoms with Crippen LogP contribution in [0.1, 0.15) is 16.3 Å². The maximum Gasteiger partial charge on any atom is 0.293 e. The molecule has 0 aliphatic heterocycles. The molecule has 0 spiro atoms. The molecule has 4 rings (SSSR count). The Morgan fingerprint density at radius 2 is 1.62 bits per heavy atom. The molecular formula is C23H21N5O. The summed E-state index contributed by atoms with van der Waals surface area (Å²) < 4.78 is 1.72. The molecule has 2 heterocycles. The van der Waals surface area contributed by atoms with E-state index in [1.807, 2.05) is 78.9 Å². The molecule has 4 aromatic rings. The first-order valence-corrected chi connectivity index (χ1v) is 9.45. The quantitative estimate of drug-likeness (QED) is 0.510. The Bertz CT molecular complexity index is 1020. The molecule has 29 heavy (non-hydrogen) atoms. The monoisotopic (exact) mass is 383 g/mol. The minimum absolute atomic E-state index is 0.177. The molecule has 0 saturated carbocycles. The van der Waals surface area contributed by atoms with Crippen LogP contribution in [0, 0.1) is 0 Å². The van der Waals surface area contributed by atoms with Gasteiger partial charge in [-0.3, -0.25) is 9.78 Å². The number of para-hydroxylation sites is 1. The number of pyridine rings is 1. The van der Waals surface area contributed by atoms with E-state index in [2.05, 4.69) is 15.1 Å². The summed E-state index contributed by atoms with van der Waals surface area (Å²) >= 11 is 0. The molecule has 2 aromatic heterocycles. The highest BCUT2D eigenvalue weighted by molar-refractivity contribution is 5.90. The fourth-order valence-electron chi connectivity index (χ4n) is 3.03. The summed E-state index contributed by atoms with van der Waals surface area (Å²) in [4.78, 5) is 23.5. The van der Waals surface area contributed by atoms with E-state index >= 15 is 0 Å². The predicted octanol–water partition coefficient (Wildman–Crippen LogP) is 3.64. The summed E-state index contributed by atoms with van der Waals surface area (Å²) in [5, 5.41) is 4.53. The van der Waals surface area contributed by atoms with Crippen molar-refractivity contribution in [2.45, 2.75) is 6.42 Å². The molecular weight excluding hydrogens is 362 g/mol. The number of carbonyl (C=O) groups excluding carboxylic acids is 1. The van der Waals surface area contributed by atoms with Gasteiger partial charge in [-0.05, 0) is 24.3 Å². The van der Waals surface area contributed by atoms with Gasteiger partial charge in [0.05, 0.1) is 5.69 Å². The zero-order valence-electron chi connectivity index (χ0n) is 16.1. The molecule has 0 atom stereocenters. The Balaban J connectivity index is 1.62. The third-order valence-electron chi connectivity index (χ3n) is 4.61. The summed E-state index contributed by atoms with van der Waals surface area (Å²) in [5.74, 6) is 0.599. The SMILES string of the molecule is CN(CCc1ccccn1)C(=O)c1nc(-c2ccccc2)n(-c2ccccc2)n1. The number of carbonyl (C=O) groups is 1. The maximum absolute atomic E-state index is 13.0. The van der Waals surface area contributed by atoms with Gasteiger partial charge in [0.25, 0.3) is 5.91 Å². The van der Waals surface area contributed by atoms with Crippen molar-refractivity contribution >= 4 is 5.91 Å². The van der Waals surface area contributed by atoms with Crippen molar-refractivity contribution in [2.24, 2.45) is 0 Å². The van der Waals surface area contributed by atoms with E-state index in [4.69, 9.17) is 0 Å². The molecule has 0 saturated heterocycles. The van der Waals surface area contributed by atoms with Gasteiger partial charge < -0.3 is 4.90 Å². The van der Waals surface area contributed by atoms with Crippen LogP contribution in [0.25, 0.3) is 17.1 Å². The highest BCUT2D eigenvalue weighted by Gasteiger charge is 2.21. The summed E-state index contributed by atoms with van der Waals surface area (Å²) in [7, 11) is 1.76. The molecule has 2 aromatic carbocycles. The number of amides is 1. The van der Waals surface area contributed by atoms with Crippen molar-refractivity contribution in [1.29, 1.82) is 0 Å². The molecule has 0 bridgehead atoms. The van der Waals surface area contributed by atoms with Crippen LogP contribution in [0.3, 0.4) is 0 Å². The summed E-state index contributed by atoms with van der Waals surface area (Å²) in [6, 6.07) is 25.2. The number of nitrogens with zero attached hydrogens (tertiary/aromatic N) is 5. The molecule has 144 valence electrons. The standard InChI is InChI=1S/C23H21N5O/c1-27(17-15-19-12-8-9-16-24-19)23(29)21-25-22(18-10-4-2-5-11-18)28(26-21)20-13-6-3-7-14-20/h2-14,16H,15,17H2,1H3. The summed E-state index contributed by atoms with van der Waals surface area (Å²) in [6.45, 7) is 0.538. The van der Waals surface area contributed by atoms with Crippen LogP contribution in [0.15, 0.2) is 85.1 Å². The Morgan fingerprint density at radius 3 is 2.31 bits per heavy atom. The zero-order valence-corrected chi connectivity index (χ0v) is 16.1. The lowest BCUT2D eigenvalue weighted by Crippen LogP contribution is -2.30. The lowest BCUT2D eigenvalue weighted by atomic mass is 10.2. The van der Waals surface area contributed by atoms with Crippen LogP contribution >= 0.6 is 0 Å². The average Bonchev–Trinajstić information content (AvgIpc) is 3.24. The van der Waals surface area contributed by atoms with E-state index in [1.165, 1.54) is 0 Å². The molecule has 6 nitrogen and oxygen atoms in total. The van der Waals surface area contributed by atoms with Crippen LogP contribution in [0.4, 0.5) is 0 Å². The van der Waals surface area contributed by atoms with Crippen LogP contribution in [0.5, 0.6) is 0 Å². The molecule has 0 fully saturated rings. The number of rotatable bonds is 6. The van der Waals surface area contributed by atoms with Crippen molar-refractivity contribution in [2.75, 3.05) is 13.6 Å². The van der Waals surface area contributed by atoms with Crippen molar-refractivity contribution in [3.63, 3.8) is 0 Å². The van der Waals surface area contributed by atoms with E-state index in [0.29, 0.717) is 18.8 Å². The van der Waals surface area contributed by atoms with Crippen molar-refractivity contribution < 1.29 is 4.79 Å². The van der Waals surface area contributed by atoms with Gasteiger partial charge in [-0.1, -0.05) is 54.6 Å². The van der Waals surface area contributed by atoms with Crippen LogP contribution in [-0.2, 0) is 6.42 Å². The molecule has 6 heteroatoms. The van der Waals surface area contributed by atoms with E-state index < -0.39 is 0 Å². The van der Waals surface area contributed by atoms with Gasteiger partial charge in [0.2, 0.25) is 5.82 Å². The van der Waals surface area contributed by atoms with Gasteiger partial charge in [-0.25, -0.2) is 9.67 Å². The van der Waals surface area contributed by atoms with E-state index in [1.54, 1.807) is 22.8 Å². The lowest BCUT2D eigenvalue weighted by Gasteiger charge is -2.14. The highest BCUT2D eigenvalue weighted by atomic mass is 16.2. The fourth-order valence-corrected chi connectivity index (χ4v) is 3.03. The number of likely N-dealkylation sites (N-methyl/N-ethyl adjacent to an activating group) is 1. The van der Waals surface area contributed by atoms with Gasteiger partial charge in [-0.2, -0.15) is 0 Å². The van der Waals surface area contributed by atoms with E-state index in [0.717, 1.165) is 16.9 Å². The largest absolute Gasteiger partial charge is 0.339 e. The highest BCUT2D eigenvalue weighted by Crippen LogP contribution is 2.21. The molecule has 0 N–H and O–H groups in total. The second kappa shape index (κ2) is 8.48. The lowest BCUT2D eigenvalue weighted by molar-refractivity contribution is 0.0784. The molecule has 0 radical (unpaired) electrons. The number of hydrogen-bond donors (Lipinski definition) is 0. The normalized spacial score (nSPS) is 10.7. The molecule has 0 aliphatic rings. The first-order chi connectivity index (χ1) is 14.2. The topological polar surface area (TPSA) is 63.9 Å². The minimum atomic E-state index is -0.215. The van der Waals surface area contributed by atoms with Crippen LogP contribution in [0.2, 0.25) is 0 Å². The first-order valence-electron chi connectivity index (χ1n) is 9.45. The van der Waals surface area contributed by atoms with Crippen molar-refractivity contribution in [3.05, 3.63) is 96.6 Å². The van der Waals surface area contributed by atoms with Gasteiger partial charge >= 0.3 is 0 Å². The fraction of sp³-hybridized carbons (Fsp3) is 0.130. The van der Waals surface area contributed by atoms with Gasteiger partial charge in [-0.15, -0.1) is 5.10 Å². The zero-order chi connectivity index (χ0) is 20.1. The molecule has 1 amide bonds. The third-order valence-corrected chi connectivity index (χ3v) is 4.61. The number of aromatic nitrogens is 4. The molecule has 0 aliphatic carbocycles. The van der Waals surface area contributed by atoms with Gasteiger partial charge in [0, 0.05) is 37.5 Å². The maximum atomic E-state index is 13.0. The number of benzene rings is 2. The Morgan fingerprint density at radius 1 is 0.931 bits per heavy atom. The van der Waals surface area contributed by atoms with Crippen molar-refractivity contribution in [3.8, 4) is 17.1 Å². The molecule has 0 unspecified atom stereocenters. The Labute approximate surface area is 169 Å². The summed E-state index contributed by atoms with van der Waals surface area (Å²) in [5.41, 5.74) is 2.70. The average molecular weight is 383 g/mol. The van der Waals surface area contributed by atoms with Crippen LogP contribution in [-0.4, -0.2) is 44.1 Å². The summed E-state index contributed by atoms with van der Waals surface area (Å²) in [6.07, 6.45) is 2.43. The second-order valence-corrected chi connectivity index (χ2v) is 6.67. The third kappa shape index (κ3) is 4.21. The smallest absolute Gasteiger partial charge is 0.293 e. The van der Waals surface area contributed by atoms with Gasteiger partial charge in [0.15, 0.2) is 5.82 Å². The minimum Gasteiger partial charge on any atom is -0.339 e. The first kappa shape index (κ1) is 18.6. The number of hydrogen-bond acceptors (Lipinski definition) is 4. The van der Waals surface area contributed by atoms with Crippen molar-refractivity contribution in [1.82, 2.24) is 24.6 Å². The van der Waals surface area contributed by atoms with E-state index in [9.17, 15) is 4.79 Å².